The molecule has 6 heterocycles. The van der Waals surface area contributed by atoms with Gasteiger partial charge >= 0.3 is 0 Å². The van der Waals surface area contributed by atoms with Crippen molar-refractivity contribution in [2.24, 2.45) is 11.8 Å². The normalized spacial score (nSPS) is 23.8. The molecule has 3 atom stereocenters. The molecule has 1 aliphatic carbocycles. The number of piperazine rings is 1. The van der Waals surface area contributed by atoms with Crippen LogP contribution in [0.4, 0.5) is 11.4 Å². The number of imide groups is 2. The van der Waals surface area contributed by atoms with Gasteiger partial charge in [-0.1, -0.05) is 36.4 Å². The van der Waals surface area contributed by atoms with Gasteiger partial charge in [0, 0.05) is 74.2 Å². The molecule has 2 aromatic heterocycles. The minimum absolute atomic E-state index is 0.0160. The van der Waals surface area contributed by atoms with Crippen molar-refractivity contribution in [2.45, 2.75) is 51.6 Å². The number of hydrogen-bond acceptors (Lipinski definition) is 9. The Bertz CT molecular complexity index is 2480. The van der Waals surface area contributed by atoms with Gasteiger partial charge < -0.3 is 19.8 Å². The highest BCUT2D eigenvalue weighted by molar-refractivity contribution is 6.25. The summed E-state index contributed by atoms with van der Waals surface area (Å²) in [6, 6.07) is 21.3. The van der Waals surface area contributed by atoms with Crippen molar-refractivity contribution in [3.05, 3.63) is 89.1 Å². The van der Waals surface area contributed by atoms with E-state index in [4.69, 9.17) is 4.98 Å². The number of aromatic amines is 2. The number of ketones is 1. The first-order chi connectivity index (χ1) is 27.6. The topological polar surface area (TPSA) is 155 Å². The minimum Gasteiger partial charge on any atom is -0.370 e. The number of rotatable bonds is 7. The lowest BCUT2D eigenvalue weighted by Crippen LogP contribution is -2.54. The predicted octanol–water partition coefficient (Wildman–Crippen LogP) is 5.17. The molecule has 1 saturated carbocycles. The lowest BCUT2D eigenvalue weighted by atomic mass is 9.98. The first kappa shape index (κ1) is 35.3. The van der Waals surface area contributed by atoms with Crippen molar-refractivity contribution in [2.75, 3.05) is 49.1 Å². The summed E-state index contributed by atoms with van der Waals surface area (Å²) in [7, 11) is 0. The van der Waals surface area contributed by atoms with E-state index in [0.717, 1.165) is 102 Å². The number of carbonyl (C=O) groups is 5. The Morgan fingerprint density at radius 3 is 2.28 bits per heavy atom. The number of amides is 4. The smallest absolute Gasteiger partial charge is 0.264 e. The van der Waals surface area contributed by atoms with Gasteiger partial charge in [0.2, 0.25) is 11.8 Å². The number of nitrogens with zero attached hydrogens (tertiary/aromatic N) is 5. The van der Waals surface area contributed by atoms with Crippen molar-refractivity contribution in [3.63, 3.8) is 0 Å². The molecule has 3 aromatic carbocycles. The van der Waals surface area contributed by atoms with Gasteiger partial charge in [-0.3, -0.25) is 39.1 Å². The third-order valence-corrected chi connectivity index (χ3v) is 13.0. The number of Topliss-reactive ketones (excluding diaryl/α,β-unsaturated/α-hetero) is 1. The van der Waals surface area contributed by atoms with E-state index in [1.54, 1.807) is 13.0 Å². The summed E-state index contributed by atoms with van der Waals surface area (Å²) in [6.45, 7) is 9.01. The van der Waals surface area contributed by atoms with Gasteiger partial charge in [-0.05, 0) is 80.8 Å². The number of hydrogen-bond donors (Lipinski definition) is 3. The van der Waals surface area contributed by atoms with Crippen LogP contribution in [0.25, 0.3) is 33.7 Å². The van der Waals surface area contributed by atoms with E-state index in [1.165, 1.54) is 0 Å². The maximum atomic E-state index is 13.7. The van der Waals surface area contributed by atoms with Crippen LogP contribution in [-0.4, -0.2) is 106 Å². The lowest BCUT2D eigenvalue weighted by molar-refractivity contribution is -0.136. The van der Waals surface area contributed by atoms with Gasteiger partial charge in [0.05, 0.1) is 33.5 Å². The number of aromatic nitrogens is 3. The molecule has 3 N–H and O–H groups in total. The van der Waals surface area contributed by atoms with Gasteiger partial charge in [0.25, 0.3) is 11.8 Å². The van der Waals surface area contributed by atoms with Gasteiger partial charge in [0.1, 0.15) is 6.04 Å². The van der Waals surface area contributed by atoms with E-state index >= 15 is 0 Å². The number of anilines is 2. The summed E-state index contributed by atoms with van der Waals surface area (Å²) in [5.74, 6) is -0.173. The van der Waals surface area contributed by atoms with Gasteiger partial charge in [0.15, 0.2) is 11.6 Å². The quantitative estimate of drug-likeness (QED) is 0.150. The standard InChI is InChI=1S/C44H44N8O5/c1-24-37(25(2)53)38(26-7-4-3-5-8-26)40(45-24)41-46-32-12-11-29(21-33(32)47-41)49-15-17-50(18-16-49)30-19-27-22-51(23-28(27)20-30)34-10-6-9-31-39(34)44(57)52(43(31)56)35-13-14-36(54)48-42(35)55/h3-12,21,27-28,30,35,45H,13-20,22-23H2,1-2H3,(H,46,47)(H,48,54,55). The third kappa shape index (κ3) is 5.86. The third-order valence-electron chi connectivity index (χ3n) is 13.0. The zero-order chi connectivity index (χ0) is 39.1. The molecule has 5 aromatic rings. The fourth-order valence-electron chi connectivity index (χ4n) is 10.3. The van der Waals surface area contributed by atoms with Gasteiger partial charge in [-0.2, -0.15) is 0 Å². The number of nitrogens with one attached hydrogen (secondary N) is 3. The van der Waals surface area contributed by atoms with Crippen molar-refractivity contribution in [1.29, 1.82) is 0 Å². The van der Waals surface area contributed by atoms with Crippen molar-refractivity contribution in [1.82, 2.24) is 30.1 Å². The second-order valence-corrected chi connectivity index (χ2v) is 16.3. The second-order valence-electron chi connectivity index (χ2n) is 16.3. The molecule has 0 spiro atoms. The molecule has 290 valence electrons. The first-order valence-electron chi connectivity index (χ1n) is 20.0. The highest BCUT2D eigenvalue weighted by atomic mass is 16.2. The van der Waals surface area contributed by atoms with Crippen LogP contribution in [0.5, 0.6) is 0 Å². The molecular formula is C44H44N8O5. The van der Waals surface area contributed by atoms with E-state index in [0.29, 0.717) is 40.4 Å². The second kappa shape index (κ2) is 13.5. The molecule has 57 heavy (non-hydrogen) atoms. The number of H-pyrrole nitrogens is 2. The highest BCUT2D eigenvalue weighted by Crippen LogP contribution is 2.44. The summed E-state index contributed by atoms with van der Waals surface area (Å²) in [5.41, 5.74) is 8.62. The number of carbonyl (C=O) groups excluding carboxylic acids is 5. The first-order valence-corrected chi connectivity index (χ1v) is 20.0. The Hall–Kier alpha value is -6.08. The van der Waals surface area contributed by atoms with E-state index in [1.807, 2.05) is 49.4 Å². The molecule has 4 fully saturated rings. The Balaban J connectivity index is 0.791. The van der Waals surface area contributed by atoms with Crippen LogP contribution < -0.4 is 15.1 Å². The summed E-state index contributed by atoms with van der Waals surface area (Å²) in [5, 5.41) is 2.28. The average molecular weight is 765 g/mol. The van der Waals surface area contributed by atoms with Crippen LogP contribution >= 0.6 is 0 Å². The van der Waals surface area contributed by atoms with E-state index in [9.17, 15) is 24.0 Å². The van der Waals surface area contributed by atoms with Gasteiger partial charge in [-0.25, -0.2) is 4.98 Å². The summed E-state index contributed by atoms with van der Waals surface area (Å²) in [4.78, 5) is 84.6. The fourth-order valence-corrected chi connectivity index (χ4v) is 10.3. The van der Waals surface area contributed by atoms with Crippen LogP contribution in [0.1, 0.15) is 69.4 Å². The Kier molecular flexibility index (Phi) is 8.40. The maximum absolute atomic E-state index is 13.7. The number of fused-ring (bicyclic) bond motifs is 3. The number of imidazole rings is 1. The molecule has 13 heteroatoms. The Morgan fingerprint density at radius 2 is 1.56 bits per heavy atom. The largest absolute Gasteiger partial charge is 0.370 e. The van der Waals surface area contributed by atoms with Crippen LogP contribution in [0.2, 0.25) is 0 Å². The summed E-state index contributed by atoms with van der Waals surface area (Å²) >= 11 is 0. The average Bonchev–Trinajstić information content (AvgIpc) is 4.03. The van der Waals surface area contributed by atoms with E-state index in [2.05, 4.69) is 48.2 Å². The number of aryl methyl sites for hydroxylation is 1. The number of piperidine rings is 1. The monoisotopic (exact) mass is 764 g/mol. The Labute approximate surface area is 329 Å². The molecule has 3 saturated heterocycles. The van der Waals surface area contributed by atoms with Crippen LogP contribution in [-0.2, 0) is 9.59 Å². The van der Waals surface area contributed by atoms with E-state index in [-0.39, 0.29) is 24.5 Å². The van der Waals surface area contributed by atoms with Gasteiger partial charge in [-0.15, -0.1) is 0 Å². The summed E-state index contributed by atoms with van der Waals surface area (Å²) < 4.78 is 0. The van der Waals surface area contributed by atoms with E-state index < -0.39 is 23.8 Å². The molecule has 0 bridgehead atoms. The maximum Gasteiger partial charge on any atom is 0.264 e. The Morgan fingerprint density at radius 1 is 0.807 bits per heavy atom. The van der Waals surface area contributed by atoms with Crippen LogP contribution in [0.3, 0.4) is 0 Å². The molecular weight excluding hydrogens is 721 g/mol. The molecule has 3 unspecified atom stereocenters. The lowest BCUT2D eigenvalue weighted by Gasteiger charge is -2.39. The van der Waals surface area contributed by atoms with Crippen molar-refractivity contribution in [3.8, 4) is 22.6 Å². The minimum atomic E-state index is -0.973. The predicted molar refractivity (Wildman–Crippen MR) is 215 cm³/mol. The molecule has 4 aliphatic heterocycles. The highest BCUT2D eigenvalue weighted by Gasteiger charge is 2.48. The molecule has 4 amide bonds. The van der Waals surface area contributed by atoms with Crippen LogP contribution in [0.15, 0.2) is 66.7 Å². The fraction of sp³-hybridized carbons (Fsp3) is 0.364. The molecule has 0 radical (unpaired) electrons. The zero-order valence-corrected chi connectivity index (χ0v) is 32.0. The van der Waals surface area contributed by atoms with Crippen molar-refractivity contribution < 1.29 is 24.0 Å². The molecule has 13 nitrogen and oxygen atoms in total. The summed E-state index contributed by atoms with van der Waals surface area (Å²) in [6.07, 6.45) is 2.44. The van der Waals surface area contributed by atoms with Crippen LogP contribution in [0, 0.1) is 18.8 Å². The number of benzene rings is 3. The SMILES string of the molecule is CC(=O)c1c(C)[nH]c(-c2nc3ccc(N4CCN(C5CC6CN(c7cccc8c7C(=O)N(C7CCC(=O)NC7=O)C8=O)CC6C5)CC4)cc3[nH]2)c1-c1ccccc1. The van der Waals surface area contributed by atoms with Crippen molar-refractivity contribution >= 4 is 51.8 Å². The molecule has 5 aliphatic rings. The molecule has 10 rings (SSSR count). The zero-order valence-electron chi connectivity index (χ0n) is 32.0.